The summed E-state index contributed by atoms with van der Waals surface area (Å²) in [4.78, 5) is 48.3. The summed E-state index contributed by atoms with van der Waals surface area (Å²) in [6.45, 7) is 9.49. The Morgan fingerprint density at radius 2 is 1.43 bits per heavy atom. The third-order valence-electron chi connectivity index (χ3n) is 4.24. The molecule has 3 unspecified atom stereocenters. The molecule has 0 aliphatic heterocycles. The van der Waals surface area contributed by atoms with Crippen molar-refractivity contribution in [3.8, 4) is 0 Å². The van der Waals surface area contributed by atoms with E-state index in [1.54, 1.807) is 0 Å². The number of carbonyl (C=O) groups excluding carboxylic acids is 4. The van der Waals surface area contributed by atoms with Crippen molar-refractivity contribution >= 4 is 30.0 Å². The van der Waals surface area contributed by atoms with Crippen molar-refractivity contribution in [2.24, 2.45) is 17.6 Å². The van der Waals surface area contributed by atoms with Crippen LogP contribution in [0.3, 0.4) is 0 Å². The van der Waals surface area contributed by atoms with E-state index in [-0.39, 0.29) is 23.7 Å². The Kier molecular flexibility index (Phi) is 13.1. The van der Waals surface area contributed by atoms with E-state index < -0.39 is 29.9 Å². The summed E-state index contributed by atoms with van der Waals surface area (Å²) < 4.78 is 0. The quantitative estimate of drug-likeness (QED) is 0.0990. The Balaban J connectivity index is 5.06. The minimum atomic E-state index is -0.821. The summed E-state index contributed by atoms with van der Waals surface area (Å²) in [6.07, 6.45) is 2.40. The molecule has 0 aromatic heterocycles. The van der Waals surface area contributed by atoms with Crippen LogP contribution in [0, 0.1) is 17.2 Å². The second kappa shape index (κ2) is 14.4. The lowest BCUT2D eigenvalue weighted by molar-refractivity contribution is -0.133. The van der Waals surface area contributed by atoms with Crippen molar-refractivity contribution in [3.63, 3.8) is 0 Å². The fraction of sp³-hybridized carbons (Fsp3) is 0.750. The monoisotopic (exact) mass is 426 g/mol. The molecule has 0 aliphatic rings. The average molecular weight is 427 g/mol. The second-order valence-corrected chi connectivity index (χ2v) is 8.31. The molecular weight excluding hydrogens is 388 g/mol. The first kappa shape index (κ1) is 27.4. The molecule has 30 heavy (non-hydrogen) atoms. The predicted molar refractivity (Wildman–Crippen MR) is 116 cm³/mol. The van der Waals surface area contributed by atoms with Crippen LogP contribution in [0.15, 0.2) is 0 Å². The van der Waals surface area contributed by atoms with E-state index in [4.69, 9.17) is 11.1 Å². The molecule has 0 saturated carbocycles. The van der Waals surface area contributed by atoms with Gasteiger partial charge in [-0.3, -0.25) is 19.8 Å². The highest BCUT2D eigenvalue weighted by Crippen LogP contribution is 2.09. The largest absolute Gasteiger partial charge is 0.370 e. The molecule has 0 saturated heterocycles. The standard InChI is InChI=1S/C20H38N6O4/c1-12(2)9-16(24-14(5)28)19(30)26-17(10-13(3)4)18(29)25-15(11-27)7-6-8-23-20(21)22/h11-13,15-17H,6-10H2,1-5H3,(H,24,28)(H,25,29)(H,26,30)(H4,21,22,23). The van der Waals surface area contributed by atoms with E-state index in [2.05, 4.69) is 21.3 Å². The predicted octanol–water partition coefficient (Wildman–Crippen LogP) is 0.0151. The summed E-state index contributed by atoms with van der Waals surface area (Å²) in [6, 6.07) is -2.26. The summed E-state index contributed by atoms with van der Waals surface area (Å²) in [5.41, 5.74) is 5.21. The third kappa shape index (κ3) is 12.7. The molecule has 0 aromatic rings. The van der Waals surface area contributed by atoms with Crippen LogP contribution in [0.5, 0.6) is 0 Å². The molecule has 0 fully saturated rings. The number of rotatable bonds is 14. The van der Waals surface area contributed by atoms with E-state index in [9.17, 15) is 19.2 Å². The van der Waals surface area contributed by atoms with Gasteiger partial charge in [-0.1, -0.05) is 27.7 Å². The van der Waals surface area contributed by atoms with Crippen molar-refractivity contribution in [2.75, 3.05) is 6.54 Å². The van der Waals surface area contributed by atoms with E-state index in [1.165, 1.54) is 6.92 Å². The van der Waals surface area contributed by atoms with Gasteiger partial charge in [0.25, 0.3) is 0 Å². The third-order valence-corrected chi connectivity index (χ3v) is 4.24. The van der Waals surface area contributed by atoms with Crippen LogP contribution in [0.1, 0.15) is 60.3 Å². The van der Waals surface area contributed by atoms with Gasteiger partial charge >= 0.3 is 0 Å². The minimum absolute atomic E-state index is 0.125. The van der Waals surface area contributed by atoms with Crippen LogP contribution in [-0.2, 0) is 19.2 Å². The molecule has 0 heterocycles. The van der Waals surface area contributed by atoms with Gasteiger partial charge in [0.05, 0.1) is 6.04 Å². The number of amides is 3. The van der Waals surface area contributed by atoms with Gasteiger partial charge in [0.1, 0.15) is 18.4 Å². The van der Waals surface area contributed by atoms with Gasteiger partial charge in [0, 0.05) is 13.5 Å². The van der Waals surface area contributed by atoms with Crippen LogP contribution in [0.25, 0.3) is 0 Å². The highest BCUT2D eigenvalue weighted by molar-refractivity contribution is 5.92. The second-order valence-electron chi connectivity index (χ2n) is 8.31. The van der Waals surface area contributed by atoms with Crippen molar-refractivity contribution in [1.29, 1.82) is 5.41 Å². The lowest BCUT2D eigenvalue weighted by atomic mass is 9.99. The molecule has 0 spiro atoms. The van der Waals surface area contributed by atoms with Gasteiger partial charge in [-0.2, -0.15) is 0 Å². The number of hydrogen-bond donors (Lipinski definition) is 6. The smallest absolute Gasteiger partial charge is 0.243 e. The van der Waals surface area contributed by atoms with Crippen molar-refractivity contribution < 1.29 is 19.2 Å². The van der Waals surface area contributed by atoms with Gasteiger partial charge in [0.2, 0.25) is 17.7 Å². The van der Waals surface area contributed by atoms with Crippen molar-refractivity contribution in [1.82, 2.24) is 21.3 Å². The molecule has 3 amide bonds. The Morgan fingerprint density at radius 3 is 1.87 bits per heavy atom. The maximum Gasteiger partial charge on any atom is 0.243 e. The first-order chi connectivity index (χ1) is 14.0. The maximum absolute atomic E-state index is 12.7. The van der Waals surface area contributed by atoms with Gasteiger partial charge in [-0.05, 0) is 37.5 Å². The maximum atomic E-state index is 12.7. The highest BCUT2D eigenvalue weighted by atomic mass is 16.2. The fourth-order valence-electron chi connectivity index (χ4n) is 2.93. The lowest BCUT2D eigenvalue weighted by Gasteiger charge is -2.25. The SMILES string of the molecule is CC(=O)NC(CC(C)C)C(=O)NC(CC(C)C)C(=O)NC(C=O)CCCNC(=N)N. The first-order valence-electron chi connectivity index (χ1n) is 10.4. The number of nitrogens with two attached hydrogens (primary N) is 1. The Labute approximate surface area is 179 Å². The van der Waals surface area contributed by atoms with Gasteiger partial charge in [-0.15, -0.1) is 0 Å². The van der Waals surface area contributed by atoms with Gasteiger partial charge in [0.15, 0.2) is 5.96 Å². The van der Waals surface area contributed by atoms with Crippen LogP contribution < -0.4 is 27.0 Å². The van der Waals surface area contributed by atoms with Gasteiger partial charge in [-0.25, -0.2) is 0 Å². The molecule has 0 aliphatic carbocycles. The van der Waals surface area contributed by atoms with Gasteiger partial charge < -0.3 is 31.8 Å². The molecule has 0 radical (unpaired) electrons. The zero-order chi connectivity index (χ0) is 23.3. The number of carbonyl (C=O) groups is 4. The zero-order valence-corrected chi connectivity index (χ0v) is 18.7. The topological polar surface area (TPSA) is 166 Å². The molecule has 10 heteroatoms. The average Bonchev–Trinajstić information content (AvgIpc) is 2.61. The van der Waals surface area contributed by atoms with Crippen molar-refractivity contribution in [3.05, 3.63) is 0 Å². The summed E-state index contributed by atoms with van der Waals surface area (Å²) in [7, 11) is 0. The van der Waals surface area contributed by atoms with E-state index in [0.29, 0.717) is 38.5 Å². The molecule has 0 rings (SSSR count). The number of guanidine groups is 1. The molecular formula is C20H38N6O4. The van der Waals surface area contributed by atoms with Crippen LogP contribution >= 0.6 is 0 Å². The molecule has 7 N–H and O–H groups in total. The first-order valence-corrected chi connectivity index (χ1v) is 10.4. The molecule has 10 nitrogen and oxygen atoms in total. The number of hydrogen-bond acceptors (Lipinski definition) is 5. The summed E-state index contributed by atoms with van der Waals surface area (Å²) in [5, 5.41) is 17.8. The van der Waals surface area contributed by atoms with Crippen molar-refractivity contribution in [2.45, 2.75) is 78.4 Å². The lowest BCUT2D eigenvalue weighted by Crippen LogP contribution is -2.55. The number of nitrogens with one attached hydrogen (secondary N) is 5. The van der Waals surface area contributed by atoms with E-state index >= 15 is 0 Å². The van der Waals surface area contributed by atoms with Crippen LogP contribution in [0.2, 0.25) is 0 Å². The zero-order valence-electron chi connectivity index (χ0n) is 18.7. The Bertz CT molecular complexity index is 594. The normalized spacial score (nSPS) is 13.8. The molecule has 172 valence electrons. The highest BCUT2D eigenvalue weighted by Gasteiger charge is 2.28. The minimum Gasteiger partial charge on any atom is -0.370 e. The molecule has 3 atom stereocenters. The summed E-state index contributed by atoms with van der Waals surface area (Å²) in [5.74, 6) is -1.04. The Morgan fingerprint density at radius 1 is 0.933 bits per heavy atom. The van der Waals surface area contributed by atoms with E-state index in [1.807, 2.05) is 27.7 Å². The number of aldehydes is 1. The van der Waals surface area contributed by atoms with E-state index in [0.717, 1.165) is 0 Å². The van der Waals surface area contributed by atoms with Crippen LogP contribution in [0.4, 0.5) is 0 Å². The molecule has 0 bridgehead atoms. The van der Waals surface area contributed by atoms with Crippen LogP contribution in [-0.4, -0.2) is 54.6 Å². The fourth-order valence-corrected chi connectivity index (χ4v) is 2.93. The summed E-state index contributed by atoms with van der Waals surface area (Å²) >= 11 is 0. The Hall–Kier alpha value is -2.65. The molecule has 0 aromatic carbocycles.